The molecule has 0 spiro atoms. The van der Waals surface area contributed by atoms with Crippen LogP contribution in [0.4, 0.5) is 0 Å². The van der Waals surface area contributed by atoms with Crippen molar-refractivity contribution in [3.8, 4) is 0 Å². The molecule has 0 atom stereocenters. The van der Waals surface area contributed by atoms with Crippen LogP contribution in [0.3, 0.4) is 0 Å². The zero-order valence-corrected chi connectivity index (χ0v) is 25.9. The van der Waals surface area contributed by atoms with Gasteiger partial charge in [0, 0.05) is 19.5 Å². The SMILES string of the molecule is CCCP(c1ccccc1)c1ccccc1.CCCP(c1ccccc1)c1ccccc1.[C]=O.[C]=O.[C]=O.[Ru]. The fourth-order valence-electron chi connectivity index (χ4n) is 3.69. The average molecular weight is 642 g/mol. The summed E-state index contributed by atoms with van der Waals surface area (Å²) < 4.78 is 0. The van der Waals surface area contributed by atoms with E-state index in [1.54, 1.807) is 0 Å². The predicted molar refractivity (Wildman–Crippen MR) is 166 cm³/mol. The fourth-order valence-corrected chi connectivity index (χ4v) is 8.35. The smallest absolute Gasteiger partial charge is 0.281 e. The first kappa shape index (κ1) is 38.5. The van der Waals surface area contributed by atoms with Crippen LogP contribution in [0.1, 0.15) is 26.7 Å². The van der Waals surface area contributed by atoms with E-state index in [-0.39, 0.29) is 35.3 Å². The maximum Gasteiger partial charge on any atom is 0.281 e. The molecule has 0 saturated heterocycles. The van der Waals surface area contributed by atoms with E-state index in [4.69, 9.17) is 14.4 Å². The van der Waals surface area contributed by atoms with Crippen molar-refractivity contribution < 1.29 is 33.9 Å². The van der Waals surface area contributed by atoms with Gasteiger partial charge in [-0.1, -0.05) is 148 Å². The number of carbonyl (C=O) groups excluding carboxylic acids is 3. The first-order valence-electron chi connectivity index (χ1n) is 12.2. The maximum absolute atomic E-state index is 7.50. The number of benzene rings is 4. The average Bonchev–Trinajstić information content (AvgIpc) is 3.03. The van der Waals surface area contributed by atoms with Crippen LogP contribution >= 0.6 is 15.8 Å². The molecule has 0 aliphatic rings. The summed E-state index contributed by atoms with van der Waals surface area (Å²) in [6, 6.07) is 43.6. The zero-order valence-electron chi connectivity index (χ0n) is 22.3. The van der Waals surface area contributed by atoms with Crippen LogP contribution in [0.2, 0.25) is 0 Å². The van der Waals surface area contributed by atoms with Crippen molar-refractivity contribution in [1.82, 2.24) is 0 Å². The molecule has 0 amide bonds. The van der Waals surface area contributed by atoms with Gasteiger partial charge in [0.15, 0.2) is 0 Å². The number of hydrogen-bond donors (Lipinski definition) is 0. The van der Waals surface area contributed by atoms with Gasteiger partial charge in [0.2, 0.25) is 0 Å². The number of hydrogen-bond acceptors (Lipinski definition) is 3. The second-order valence-electron chi connectivity index (χ2n) is 7.65. The molecular weight excluding hydrogens is 607 g/mol. The summed E-state index contributed by atoms with van der Waals surface area (Å²) >= 11 is 0. The quantitative estimate of drug-likeness (QED) is 0.179. The molecule has 0 fully saturated rings. The van der Waals surface area contributed by atoms with Gasteiger partial charge in [0.25, 0.3) is 20.4 Å². The predicted octanol–water partition coefficient (Wildman–Crippen LogP) is 5.86. The van der Waals surface area contributed by atoms with E-state index < -0.39 is 0 Å². The largest absolute Gasteiger partial charge is 0.281 e. The van der Waals surface area contributed by atoms with E-state index in [1.165, 1.54) is 46.4 Å². The molecule has 3 nitrogen and oxygen atoms in total. The standard InChI is InChI=1S/2C15H17P.3CO.Ru/c2*1-2-13-16(14-9-5-3-6-10-14)15-11-7-4-8-12-15;3*1-2;/h2*3-12H,2,13H2,1H3;;;;. The van der Waals surface area contributed by atoms with Gasteiger partial charge in [-0.2, -0.15) is 0 Å². The van der Waals surface area contributed by atoms with Crippen LogP contribution in [0, 0.1) is 0 Å². The summed E-state index contributed by atoms with van der Waals surface area (Å²) in [5, 5.41) is 5.97. The molecule has 0 aromatic heterocycles. The Balaban J connectivity index is 0. The Hall–Kier alpha value is -2.63. The van der Waals surface area contributed by atoms with Crippen LogP contribution in [0.15, 0.2) is 121 Å². The molecule has 0 aliphatic heterocycles. The van der Waals surface area contributed by atoms with E-state index in [0.29, 0.717) is 0 Å². The Labute approximate surface area is 250 Å². The molecular formula is C33H34O3P2Ru. The van der Waals surface area contributed by atoms with Crippen molar-refractivity contribution in [2.45, 2.75) is 26.7 Å². The third-order valence-corrected chi connectivity index (χ3v) is 10.6. The molecule has 0 aliphatic carbocycles. The second kappa shape index (κ2) is 27.0. The van der Waals surface area contributed by atoms with Gasteiger partial charge in [0.05, 0.1) is 0 Å². The van der Waals surface area contributed by atoms with Gasteiger partial charge in [0.1, 0.15) is 0 Å². The van der Waals surface area contributed by atoms with Crippen molar-refractivity contribution in [2.75, 3.05) is 12.3 Å². The molecule has 0 bridgehead atoms. The number of rotatable bonds is 8. The molecule has 0 N–H and O–H groups in total. The molecule has 39 heavy (non-hydrogen) atoms. The van der Waals surface area contributed by atoms with Gasteiger partial charge >= 0.3 is 0 Å². The van der Waals surface area contributed by atoms with Crippen molar-refractivity contribution in [2.24, 2.45) is 0 Å². The second-order valence-corrected chi connectivity index (χ2v) is 12.3. The molecule has 6 radical (unpaired) electrons. The summed E-state index contributed by atoms with van der Waals surface area (Å²) in [7, 11) is -0.302. The normalized spacial score (nSPS) is 9.03. The van der Waals surface area contributed by atoms with E-state index >= 15 is 0 Å². The topological polar surface area (TPSA) is 51.2 Å². The van der Waals surface area contributed by atoms with Gasteiger partial charge < -0.3 is 0 Å². The summed E-state index contributed by atoms with van der Waals surface area (Å²) in [6.45, 7) is 18.0. The van der Waals surface area contributed by atoms with Gasteiger partial charge in [-0.15, -0.1) is 0 Å². The van der Waals surface area contributed by atoms with Crippen LogP contribution in [-0.2, 0) is 33.9 Å². The summed E-state index contributed by atoms with van der Waals surface area (Å²) in [5.74, 6) is 0. The maximum atomic E-state index is 7.50. The fraction of sp³-hybridized carbons (Fsp3) is 0.182. The van der Waals surface area contributed by atoms with E-state index in [0.717, 1.165) is 0 Å². The Morgan fingerprint density at radius 3 is 0.744 bits per heavy atom. The summed E-state index contributed by atoms with van der Waals surface area (Å²) in [6.07, 6.45) is 5.05. The molecule has 4 rings (SSSR count). The summed E-state index contributed by atoms with van der Waals surface area (Å²) in [5.41, 5.74) is 0. The van der Waals surface area contributed by atoms with E-state index in [9.17, 15) is 0 Å². The van der Waals surface area contributed by atoms with E-state index in [2.05, 4.69) is 156 Å². The van der Waals surface area contributed by atoms with Crippen LogP contribution in [0.25, 0.3) is 0 Å². The molecule has 202 valence electrons. The van der Waals surface area contributed by atoms with Crippen molar-refractivity contribution in [3.63, 3.8) is 0 Å². The summed E-state index contributed by atoms with van der Waals surface area (Å²) in [4.78, 5) is 22.5. The molecule has 0 unspecified atom stereocenters. The van der Waals surface area contributed by atoms with Crippen LogP contribution < -0.4 is 21.2 Å². The van der Waals surface area contributed by atoms with Crippen LogP contribution in [-0.4, -0.2) is 32.7 Å². The van der Waals surface area contributed by atoms with Gasteiger partial charge in [-0.3, -0.25) is 14.4 Å². The molecule has 0 heterocycles. The monoisotopic (exact) mass is 642 g/mol. The molecule has 6 heteroatoms. The van der Waals surface area contributed by atoms with Gasteiger partial charge in [-0.25, -0.2) is 0 Å². The Bertz CT molecular complexity index is 887. The third-order valence-electron chi connectivity index (χ3n) is 5.17. The Morgan fingerprint density at radius 2 is 0.590 bits per heavy atom. The molecule has 0 saturated carbocycles. The first-order chi connectivity index (χ1) is 18.8. The minimum absolute atomic E-state index is 0. The minimum atomic E-state index is -0.151. The van der Waals surface area contributed by atoms with Crippen molar-refractivity contribution >= 4 is 57.4 Å². The zero-order chi connectivity index (χ0) is 28.4. The van der Waals surface area contributed by atoms with Gasteiger partial charge in [-0.05, 0) is 49.4 Å². The first-order valence-corrected chi connectivity index (χ1v) is 15.2. The van der Waals surface area contributed by atoms with E-state index in [1.807, 2.05) is 0 Å². The molecule has 4 aromatic rings. The molecule has 4 aromatic carbocycles. The van der Waals surface area contributed by atoms with Crippen LogP contribution in [0.5, 0.6) is 0 Å². The minimum Gasteiger partial charge on any atom is -0.281 e. The third kappa shape index (κ3) is 14.9. The Kier molecular flexibility index (Phi) is 26.6. The van der Waals surface area contributed by atoms with Crippen molar-refractivity contribution in [3.05, 3.63) is 121 Å². The Morgan fingerprint density at radius 1 is 0.410 bits per heavy atom. The van der Waals surface area contributed by atoms with Crippen molar-refractivity contribution in [1.29, 1.82) is 0 Å².